The number of rotatable bonds is 7. The monoisotopic (exact) mass is 198 g/mol. The van der Waals surface area contributed by atoms with Crippen LogP contribution in [0, 0.1) is 17.3 Å². The summed E-state index contributed by atoms with van der Waals surface area (Å²) in [4.78, 5) is 0. The van der Waals surface area contributed by atoms with E-state index in [1.54, 1.807) is 0 Å². The van der Waals surface area contributed by atoms with Gasteiger partial charge in [0.1, 0.15) is 0 Å². The van der Waals surface area contributed by atoms with Crippen LogP contribution in [0.3, 0.4) is 0 Å². The molecule has 0 N–H and O–H groups in total. The summed E-state index contributed by atoms with van der Waals surface area (Å²) in [6.45, 7) is 14.2. The van der Waals surface area contributed by atoms with Crippen molar-refractivity contribution < 1.29 is 0 Å². The summed E-state index contributed by atoms with van der Waals surface area (Å²) in [5, 5.41) is 0. The molecule has 0 saturated carbocycles. The van der Waals surface area contributed by atoms with Crippen molar-refractivity contribution >= 4 is 0 Å². The Morgan fingerprint density at radius 1 is 0.929 bits per heavy atom. The molecule has 2 unspecified atom stereocenters. The lowest BCUT2D eigenvalue weighted by Crippen LogP contribution is -2.16. The summed E-state index contributed by atoms with van der Waals surface area (Å²) in [5.74, 6) is 1.80. The van der Waals surface area contributed by atoms with Crippen molar-refractivity contribution in [2.75, 3.05) is 0 Å². The SMILES string of the molecule is CCC(C)CCC(C)(C)CC(C)CC. The maximum absolute atomic E-state index is 2.43. The van der Waals surface area contributed by atoms with Crippen LogP contribution in [0.15, 0.2) is 0 Å². The van der Waals surface area contributed by atoms with Gasteiger partial charge in [0.15, 0.2) is 0 Å². The lowest BCUT2D eigenvalue weighted by molar-refractivity contribution is 0.232. The quantitative estimate of drug-likeness (QED) is 0.522. The fourth-order valence-electron chi connectivity index (χ4n) is 2.03. The van der Waals surface area contributed by atoms with Crippen molar-refractivity contribution in [3.8, 4) is 0 Å². The van der Waals surface area contributed by atoms with Crippen LogP contribution in [0.25, 0.3) is 0 Å². The largest absolute Gasteiger partial charge is 0.0651 e. The highest BCUT2D eigenvalue weighted by Gasteiger charge is 2.20. The van der Waals surface area contributed by atoms with Crippen molar-refractivity contribution in [2.24, 2.45) is 17.3 Å². The van der Waals surface area contributed by atoms with E-state index in [9.17, 15) is 0 Å². The molecule has 86 valence electrons. The normalized spacial score (nSPS) is 16.7. The van der Waals surface area contributed by atoms with Crippen molar-refractivity contribution in [1.82, 2.24) is 0 Å². The minimum Gasteiger partial charge on any atom is -0.0651 e. The molecule has 14 heavy (non-hydrogen) atoms. The van der Waals surface area contributed by atoms with Crippen LogP contribution in [0.5, 0.6) is 0 Å². The molecule has 0 nitrogen and oxygen atoms in total. The average Bonchev–Trinajstić information content (AvgIpc) is 2.13. The lowest BCUT2D eigenvalue weighted by Gasteiger charge is -2.28. The van der Waals surface area contributed by atoms with Gasteiger partial charge in [0, 0.05) is 0 Å². The third kappa shape index (κ3) is 6.45. The first kappa shape index (κ1) is 14.0. The molecule has 0 aliphatic rings. The molecule has 0 aromatic rings. The van der Waals surface area contributed by atoms with Crippen molar-refractivity contribution in [3.05, 3.63) is 0 Å². The molecular weight excluding hydrogens is 168 g/mol. The minimum absolute atomic E-state index is 0.554. The van der Waals surface area contributed by atoms with Gasteiger partial charge in [-0.25, -0.2) is 0 Å². The van der Waals surface area contributed by atoms with Gasteiger partial charge in [-0.15, -0.1) is 0 Å². The topological polar surface area (TPSA) is 0 Å². The summed E-state index contributed by atoms with van der Waals surface area (Å²) in [5.41, 5.74) is 0.554. The van der Waals surface area contributed by atoms with Crippen LogP contribution in [0.1, 0.15) is 73.6 Å². The van der Waals surface area contributed by atoms with E-state index >= 15 is 0 Å². The molecule has 2 atom stereocenters. The molecule has 0 aromatic heterocycles. The zero-order chi connectivity index (χ0) is 11.2. The predicted molar refractivity (Wildman–Crippen MR) is 66.5 cm³/mol. The highest BCUT2D eigenvalue weighted by molar-refractivity contribution is 4.72. The van der Waals surface area contributed by atoms with Crippen LogP contribution >= 0.6 is 0 Å². The Hall–Kier alpha value is 0. The maximum Gasteiger partial charge on any atom is -0.0352 e. The highest BCUT2D eigenvalue weighted by atomic mass is 14.3. The van der Waals surface area contributed by atoms with Gasteiger partial charge < -0.3 is 0 Å². The van der Waals surface area contributed by atoms with Crippen LogP contribution in [-0.2, 0) is 0 Å². The van der Waals surface area contributed by atoms with Gasteiger partial charge in [0.25, 0.3) is 0 Å². The van der Waals surface area contributed by atoms with Gasteiger partial charge >= 0.3 is 0 Å². The van der Waals surface area contributed by atoms with Crippen LogP contribution in [0.2, 0.25) is 0 Å². The second kappa shape index (κ2) is 6.48. The minimum atomic E-state index is 0.554. The van der Waals surface area contributed by atoms with E-state index in [1.165, 1.54) is 32.1 Å². The first-order chi connectivity index (χ1) is 6.41. The van der Waals surface area contributed by atoms with E-state index in [-0.39, 0.29) is 0 Å². The predicted octanol–water partition coefficient (Wildman–Crippen LogP) is 5.28. The fraction of sp³-hybridized carbons (Fsp3) is 1.00. The molecule has 0 saturated heterocycles. The molecule has 0 heteroatoms. The van der Waals surface area contributed by atoms with Gasteiger partial charge in [-0.1, -0.05) is 60.8 Å². The maximum atomic E-state index is 2.43. The van der Waals surface area contributed by atoms with Gasteiger partial charge in [0.2, 0.25) is 0 Å². The molecule has 0 aliphatic carbocycles. The van der Waals surface area contributed by atoms with Crippen molar-refractivity contribution in [3.63, 3.8) is 0 Å². The van der Waals surface area contributed by atoms with E-state index in [1.807, 2.05) is 0 Å². The molecule has 0 radical (unpaired) electrons. The molecule has 0 amide bonds. The van der Waals surface area contributed by atoms with Crippen LogP contribution in [-0.4, -0.2) is 0 Å². The fourth-order valence-corrected chi connectivity index (χ4v) is 2.03. The van der Waals surface area contributed by atoms with Crippen LogP contribution < -0.4 is 0 Å². The molecule has 0 rings (SSSR count). The van der Waals surface area contributed by atoms with Crippen molar-refractivity contribution in [1.29, 1.82) is 0 Å². The molecule has 0 bridgehead atoms. The van der Waals surface area contributed by atoms with E-state index in [0.717, 1.165) is 11.8 Å². The first-order valence-corrected chi connectivity index (χ1v) is 6.41. The van der Waals surface area contributed by atoms with Gasteiger partial charge in [-0.3, -0.25) is 0 Å². The number of hydrogen-bond acceptors (Lipinski definition) is 0. The van der Waals surface area contributed by atoms with E-state index in [2.05, 4.69) is 41.5 Å². The number of hydrogen-bond donors (Lipinski definition) is 0. The Bertz CT molecular complexity index is 135. The summed E-state index contributed by atoms with van der Waals surface area (Å²) in [6, 6.07) is 0. The Morgan fingerprint density at radius 2 is 1.43 bits per heavy atom. The summed E-state index contributed by atoms with van der Waals surface area (Å²) >= 11 is 0. The van der Waals surface area contributed by atoms with Gasteiger partial charge in [-0.2, -0.15) is 0 Å². The Kier molecular flexibility index (Phi) is 6.48. The molecule has 0 heterocycles. The Morgan fingerprint density at radius 3 is 1.86 bits per heavy atom. The summed E-state index contributed by atoms with van der Waals surface area (Å²) in [7, 11) is 0. The van der Waals surface area contributed by atoms with E-state index in [4.69, 9.17) is 0 Å². The van der Waals surface area contributed by atoms with Crippen molar-refractivity contribution in [2.45, 2.75) is 73.6 Å². The molecule has 0 aliphatic heterocycles. The first-order valence-electron chi connectivity index (χ1n) is 6.41. The van der Waals surface area contributed by atoms with E-state index < -0.39 is 0 Å². The molecule has 0 fully saturated rings. The average molecular weight is 198 g/mol. The smallest absolute Gasteiger partial charge is 0.0352 e. The third-order valence-corrected chi connectivity index (χ3v) is 3.61. The Balaban J connectivity index is 3.82. The zero-order valence-electron chi connectivity index (χ0n) is 11.2. The second-order valence-electron chi connectivity index (χ2n) is 5.93. The molecular formula is C14H30. The van der Waals surface area contributed by atoms with Crippen LogP contribution in [0.4, 0.5) is 0 Å². The second-order valence-corrected chi connectivity index (χ2v) is 5.93. The Labute approximate surface area is 91.5 Å². The lowest BCUT2D eigenvalue weighted by atomic mass is 9.77. The highest BCUT2D eigenvalue weighted by Crippen LogP contribution is 2.33. The molecule has 0 aromatic carbocycles. The summed E-state index contributed by atoms with van der Waals surface area (Å²) in [6.07, 6.45) is 6.85. The zero-order valence-corrected chi connectivity index (χ0v) is 11.2. The van der Waals surface area contributed by atoms with Gasteiger partial charge in [-0.05, 0) is 30.1 Å². The molecule has 0 spiro atoms. The van der Waals surface area contributed by atoms with E-state index in [0.29, 0.717) is 5.41 Å². The standard InChI is InChI=1S/C14H30/c1-7-12(3)9-10-14(5,6)11-13(4)8-2/h12-13H,7-11H2,1-6H3. The summed E-state index contributed by atoms with van der Waals surface area (Å²) < 4.78 is 0. The third-order valence-electron chi connectivity index (χ3n) is 3.61. The van der Waals surface area contributed by atoms with Gasteiger partial charge in [0.05, 0.1) is 0 Å².